The molecule has 0 bridgehead atoms. The Balaban J connectivity index is 1.59. The Hall–Kier alpha value is -2.78. The van der Waals surface area contributed by atoms with Crippen LogP contribution in [0.4, 0.5) is 0 Å². The number of ketones is 1. The zero-order valence-corrected chi connectivity index (χ0v) is 16.1. The van der Waals surface area contributed by atoms with Crippen LogP contribution in [0, 0.1) is 6.92 Å². The van der Waals surface area contributed by atoms with E-state index in [9.17, 15) is 4.79 Å². The topological polar surface area (TPSA) is 22.0 Å². The Morgan fingerprint density at radius 3 is 2.52 bits per heavy atom. The highest BCUT2D eigenvalue weighted by atomic mass is 32.2. The Labute approximate surface area is 163 Å². The zero-order valence-electron chi connectivity index (χ0n) is 15.3. The molecule has 3 aromatic carbocycles. The van der Waals surface area contributed by atoms with Gasteiger partial charge < -0.3 is 4.57 Å². The number of benzene rings is 3. The molecule has 0 aliphatic carbocycles. The van der Waals surface area contributed by atoms with Gasteiger partial charge in [0, 0.05) is 34.1 Å². The number of hydrogen-bond donors (Lipinski definition) is 0. The predicted octanol–water partition coefficient (Wildman–Crippen LogP) is 5.97. The first-order valence-electron chi connectivity index (χ1n) is 9.05. The van der Waals surface area contributed by atoms with Crippen LogP contribution in [0.3, 0.4) is 0 Å². The maximum atomic E-state index is 12.5. The molecule has 0 aliphatic rings. The average molecular weight is 372 g/mol. The number of Topliss-reactive ketones (excluding diaryl/α,β-unsaturated/α-hetero) is 1. The first-order chi connectivity index (χ1) is 13.2. The van der Waals surface area contributed by atoms with Crippen LogP contribution in [0.5, 0.6) is 0 Å². The van der Waals surface area contributed by atoms with Crippen molar-refractivity contribution >= 4 is 28.4 Å². The van der Waals surface area contributed by atoms with E-state index in [1.807, 2.05) is 30.3 Å². The monoisotopic (exact) mass is 371 g/mol. The Kier molecular flexibility index (Phi) is 5.12. The van der Waals surface area contributed by atoms with E-state index in [1.165, 1.54) is 22.0 Å². The Bertz CT molecular complexity index is 1080. The zero-order chi connectivity index (χ0) is 18.6. The molecule has 0 radical (unpaired) electrons. The average Bonchev–Trinajstić information content (AvgIpc) is 3.04. The smallest absolute Gasteiger partial charge is 0.173 e. The van der Waals surface area contributed by atoms with Crippen molar-refractivity contribution in [3.63, 3.8) is 0 Å². The summed E-state index contributed by atoms with van der Waals surface area (Å²) in [6.45, 7) is 2.95. The molecule has 0 spiro atoms. The van der Waals surface area contributed by atoms with E-state index in [4.69, 9.17) is 0 Å². The number of hydrogen-bond acceptors (Lipinski definition) is 2. The van der Waals surface area contributed by atoms with Crippen LogP contribution in [0.1, 0.15) is 21.5 Å². The number of fused-ring (bicyclic) bond motifs is 1. The molecule has 0 unspecified atom stereocenters. The summed E-state index contributed by atoms with van der Waals surface area (Å²) in [5.41, 5.74) is 4.53. The van der Waals surface area contributed by atoms with Crippen molar-refractivity contribution in [1.82, 2.24) is 4.57 Å². The van der Waals surface area contributed by atoms with Crippen molar-refractivity contribution in [3.8, 4) is 0 Å². The highest BCUT2D eigenvalue weighted by molar-refractivity contribution is 8.00. The molecule has 27 heavy (non-hydrogen) atoms. The summed E-state index contributed by atoms with van der Waals surface area (Å²) in [5.74, 6) is 0.610. The highest BCUT2D eigenvalue weighted by Crippen LogP contribution is 2.31. The second-order valence-electron chi connectivity index (χ2n) is 6.71. The molecule has 3 heteroatoms. The van der Waals surface area contributed by atoms with E-state index in [1.54, 1.807) is 11.8 Å². The van der Waals surface area contributed by atoms with Crippen molar-refractivity contribution in [3.05, 3.63) is 102 Å². The van der Waals surface area contributed by atoms with Crippen LogP contribution < -0.4 is 0 Å². The number of aromatic nitrogens is 1. The lowest BCUT2D eigenvalue weighted by atomic mass is 10.1. The third-order valence-electron chi connectivity index (χ3n) is 4.64. The molecule has 0 aliphatic heterocycles. The van der Waals surface area contributed by atoms with E-state index in [-0.39, 0.29) is 5.78 Å². The summed E-state index contributed by atoms with van der Waals surface area (Å²) in [6, 6.07) is 26.5. The van der Waals surface area contributed by atoms with E-state index < -0.39 is 0 Å². The standard InChI is InChI=1S/C24H21NOS/c1-18-8-7-9-19(14-18)15-25-16-24(21-12-5-6-13-22(21)25)27-17-23(26)20-10-3-2-4-11-20/h2-14,16H,15,17H2,1H3. The van der Waals surface area contributed by atoms with E-state index >= 15 is 0 Å². The first-order valence-corrected chi connectivity index (χ1v) is 10.0. The van der Waals surface area contributed by atoms with Crippen LogP contribution in [0.25, 0.3) is 10.9 Å². The van der Waals surface area contributed by atoms with E-state index in [0.717, 1.165) is 17.0 Å². The summed E-state index contributed by atoms with van der Waals surface area (Å²) in [7, 11) is 0. The summed E-state index contributed by atoms with van der Waals surface area (Å²) < 4.78 is 2.28. The summed E-state index contributed by atoms with van der Waals surface area (Å²) in [6.07, 6.45) is 2.18. The van der Waals surface area contributed by atoms with Gasteiger partial charge >= 0.3 is 0 Å². The minimum absolute atomic E-state index is 0.163. The fraction of sp³-hybridized carbons (Fsp3) is 0.125. The van der Waals surface area contributed by atoms with Crippen molar-refractivity contribution in [1.29, 1.82) is 0 Å². The number of carbonyl (C=O) groups is 1. The number of thioether (sulfide) groups is 1. The van der Waals surface area contributed by atoms with Gasteiger partial charge in [-0.2, -0.15) is 0 Å². The van der Waals surface area contributed by atoms with Gasteiger partial charge in [-0.05, 0) is 18.6 Å². The van der Waals surface area contributed by atoms with Gasteiger partial charge in [0.05, 0.1) is 5.75 Å². The largest absolute Gasteiger partial charge is 0.342 e. The van der Waals surface area contributed by atoms with Gasteiger partial charge in [0.25, 0.3) is 0 Å². The van der Waals surface area contributed by atoms with Gasteiger partial charge in [0.15, 0.2) is 5.78 Å². The van der Waals surface area contributed by atoms with Gasteiger partial charge in [0.2, 0.25) is 0 Å². The Morgan fingerprint density at radius 2 is 1.70 bits per heavy atom. The second-order valence-corrected chi connectivity index (χ2v) is 7.72. The molecule has 0 saturated carbocycles. The van der Waals surface area contributed by atoms with Gasteiger partial charge in [-0.1, -0.05) is 78.4 Å². The predicted molar refractivity (Wildman–Crippen MR) is 114 cm³/mol. The molecule has 0 atom stereocenters. The lowest BCUT2D eigenvalue weighted by molar-refractivity contribution is 0.102. The number of rotatable bonds is 6. The van der Waals surface area contributed by atoms with Crippen LogP contribution in [-0.4, -0.2) is 16.1 Å². The molecule has 0 amide bonds. The maximum Gasteiger partial charge on any atom is 0.173 e. The quantitative estimate of drug-likeness (QED) is 0.307. The fourth-order valence-corrected chi connectivity index (χ4v) is 4.30. The van der Waals surface area contributed by atoms with Gasteiger partial charge in [-0.25, -0.2) is 0 Å². The minimum atomic E-state index is 0.163. The second kappa shape index (κ2) is 7.85. The molecular weight excluding hydrogens is 350 g/mol. The SMILES string of the molecule is Cc1cccc(Cn2cc(SCC(=O)c3ccccc3)c3ccccc32)c1. The number of para-hydroxylation sites is 1. The van der Waals surface area contributed by atoms with Gasteiger partial charge in [0.1, 0.15) is 0 Å². The van der Waals surface area contributed by atoms with Crippen LogP contribution >= 0.6 is 11.8 Å². The van der Waals surface area contributed by atoms with Crippen molar-refractivity contribution in [2.75, 3.05) is 5.75 Å². The number of nitrogens with zero attached hydrogens (tertiary/aromatic N) is 1. The molecule has 4 aromatic rings. The lowest BCUT2D eigenvalue weighted by Crippen LogP contribution is -2.01. The summed E-state index contributed by atoms with van der Waals surface area (Å²) in [5, 5.41) is 1.20. The molecule has 0 fully saturated rings. The maximum absolute atomic E-state index is 12.5. The molecule has 4 rings (SSSR count). The van der Waals surface area contributed by atoms with Crippen molar-refractivity contribution < 1.29 is 4.79 Å². The molecule has 134 valence electrons. The van der Waals surface area contributed by atoms with Crippen LogP contribution in [0.15, 0.2) is 90.0 Å². The highest BCUT2D eigenvalue weighted by Gasteiger charge is 2.12. The van der Waals surface area contributed by atoms with Crippen LogP contribution in [-0.2, 0) is 6.54 Å². The lowest BCUT2D eigenvalue weighted by Gasteiger charge is -2.06. The number of carbonyl (C=O) groups excluding carboxylic acids is 1. The minimum Gasteiger partial charge on any atom is -0.342 e. The third kappa shape index (κ3) is 3.99. The summed E-state index contributed by atoms with van der Waals surface area (Å²) in [4.78, 5) is 13.6. The number of aryl methyl sites for hydroxylation is 1. The molecule has 1 aromatic heterocycles. The third-order valence-corrected chi connectivity index (χ3v) is 5.68. The first kappa shape index (κ1) is 17.6. The van der Waals surface area contributed by atoms with Gasteiger partial charge in [-0.3, -0.25) is 4.79 Å². The molecular formula is C24H21NOS. The van der Waals surface area contributed by atoms with E-state index in [0.29, 0.717) is 5.75 Å². The van der Waals surface area contributed by atoms with E-state index in [2.05, 4.69) is 66.2 Å². The molecule has 0 saturated heterocycles. The molecule has 0 N–H and O–H groups in total. The van der Waals surface area contributed by atoms with Crippen LogP contribution in [0.2, 0.25) is 0 Å². The Morgan fingerprint density at radius 1 is 0.926 bits per heavy atom. The molecule has 2 nitrogen and oxygen atoms in total. The summed E-state index contributed by atoms with van der Waals surface area (Å²) >= 11 is 1.62. The van der Waals surface area contributed by atoms with Gasteiger partial charge in [-0.15, -0.1) is 11.8 Å². The fourth-order valence-electron chi connectivity index (χ4n) is 3.32. The van der Waals surface area contributed by atoms with Crippen molar-refractivity contribution in [2.24, 2.45) is 0 Å². The van der Waals surface area contributed by atoms with Crippen molar-refractivity contribution in [2.45, 2.75) is 18.4 Å². The normalized spacial score (nSPS) is 11.0. The molecule has 1 heterocycles.